The molecule has 1 atom stereocenters. The van der Waals surface area contributed by atoms with Crippen LogP contribution in [0.15, 0.2) is 71.3 Å². The minimum Gasteiger partial charge on any atom is -0.361 e. The van der Waals surface area contributed by atoms with E-state index < -0.39 is 5.41 Å². The predicted molar refractivity (Wildman–Crippen MR) is 113 cm³/mol. The van der Waals surface area contributed by atoms with Gasteiger partial charge in [-0.2, -0.15) is 0 Å². The SMILES string of the molecule is CNC(=O)[C@@]1(Cc2cc(-c3ccccc3)no2)CCN(CCc2ccccc2)C1. The van der Waals surface area contributed by atoms with Crippen LogP contribution in [0.5, 0.6) is 0 Å². The second-order valence-electron chi connectivity index (χ2n) is 7.84. The average Bonchev–Trinajstić information content (AvgIpc) is 3.41. The summed E-state index contributed by atoms with van der Waals surface area (Å²) in [5.41, 5.74) is 2.69. The van der Waals surface area contributed by atoms with Crippen LogP contribution in [0.25, 0.3) is 11.3 Å². The van der Waals surface area contributed by atoms with Gasteiger partial charge in [0.2, 0.25) is 5.91 Å². The molecule has 29 heavy (non-hydrogen) atoms. The zero-order valence-corrected chi connectivity index (χ0v) is 16.8. The molecule has 150 valence electrons. The maximum atomic E-state index is 12.8. The Bertz CT molecular complexity index is 939. The van der Waals surface area contributed by atoms with E-state index in [9.17, 15) is 4.79 Å². The first-order chi connectivity index (χ1) is 14.2. The molecule has 1 aliphatic rings. The number of benzene rings is 2. The fourth-order valence-electron chi connectivity index (χ4n) is 4.23. The minimum atomic E-state index is -0.473. The summed E-state index contributed by atoms with van der Waals surface area (Å²) >= 11 is 0. The van der Waals surface area contributed by atoms with Crippen LogP contribution in [-0.2, 0) is 17.6 Å². The van der Waals surface area contributed by atoms with Crippen LogP contribution in [0.1, 0.15) is 17.7 Å². The normalized spacial score (nSPS) is 19.3. The first-order valence-corrected chi connectivity index (χ1v) is 10.2. The molecule has 0 radical (unpaired) electrons. The Labute approximate surface area is 171 Å². The smallest absolute Gasteiger partial charge is 0.227 e. The molecule has 3 aromatic rings. The van der Waals surface area contributed by atoms with Crippen LogP contribution in [0.2, 0.25) is 0 Å². The van der Waals surface area contributed by atoms with E-state index in [-0.39, 0.29) is 5.91 Å². The van der Waals surface area contributed by atoms with Crippen molar-refractivity contribution in [2.75, 3.05) is 26.7 Å². The Morgan fingerprint density at radius 1 is 1.14 bits per heavy atom. The number of likely N-dealkylation sites (tertiary alicyclic amines) is 1. The largest absolute Gasteiger partial charge is 0.361 e. The molecule has 1 amide bonds. The summed E-state index contributed by atoms with van der Waals surface area (Å²) in [4.78, 5) is 15.2. The lowest BCUT2D eigenvalue weighted by Gasteiger charge is -2.26. The van der Waals surface area contributed by atoms with E-state index in [1.807, 2.05) is 42.5 Å². The number of hydrogen-bond donors (Lipinski definition) is 1. The summed E-state index contributed by atoms with van der Waals surface area (Å²) in [6, 6.07) is 22.4. The number of hydrogen-bond acceptors (Lipinski definition) is 4. The van der Waals surface area contributed by atoms with Crippen molar-refractivity contribution in [3.05, 3.63) is 78.1 Å². The Morgan fingerprint density at radius 3 is 2.59 bits per heavy atom. The van der Waals surface area contributed by atoms with Gasteiger partial charge in [-0.3, -0.25) is 4.79 Å². The van der Waals surface area contributed by atoms with Crippen molar-refractivity contribution >= 4 is 5.91 Å². The zero-order valence-electron chi connectivity index (χ0n) is 16.8. The molecule has 1 fully saturated rings. The molecular formula is C24H27N3O2. The quantitative estimate of drug-likeness (QED) is 0.671. The standard InChI is InChI=1S/C24H27N3O2/c1-25-23(28)24(13-15-27(18-24)14-12-19-8-4-2-5-9-19)17-21-16-22(26-29-21)20-10-6-3-7-11-20/h2-11,16H,12-15,17-18H2,1H3,(H,25,28)/t24-/m1/s1. The molecule has 5 nitrogen and oxygen atoms in total. The van der Waals surface area contributed by atoms with E-state index in [2.05, 4.69) is 39.6 Å². The molecule has 0 unspecified atom stereocenters. The number of nitrogens with one attached hydrogen (secondary N) is 1. The first kappa shape index (κ1) is 19.4. The lowest BCUT2D eigenvalue weighted by molar-refractivity contribution is -0.130. The summed E-state index contributed by atoms with van der Waals surface area (Å²) in [6.45, 7) is 2.61. The van der Waals surface area contributed by atoms with Crippen LogP contribution in [0, 0.1) is 5.41 Å². The third-order valence-corrected chi connectivity index (χ3v) is 5.84. The lowest BCUT2D eigenvalue weighted by atomic mass is 9.81. The van der Waals surface area contributed by atoms with Gasteiger partial charge in [0.05, 0.1) is 5.41 Å². The highest BCUT2D eigenvalue weighted by Gasteiger charge is 2.44. The maximum Gasteiger partial charge on any atom is 0.227 e. The summed E-state index contributed by atoms with van der Waals surface area (Å²) in [6.07, 6.45) is 2.38. The zero-order chi connectivity index (χ0) is 20.1. The molecular weight excluding hydrogens is 362 g/mol. The van der Waals surface area contributed by atoms with E-state index >= 15 is 0 Å². The number of aromatic nitrogens is 1. The number of rotatable bonds is 7. The number of nitrogens with zero attached hydrogens (tertiary/aromatic N) is 2. The Morgan fingerprint density at radius 2 is 1.86 bits per heavy atom. The van der Waals surface area contributed by atoms with Crippen molar-refractivity contribution in [2.45, 2.75) is 19.3 Å². The highest BCUT2D eigenvalue weighted by molar-refractivity contribution is 5.83. The van der Waals surface area contributed by atoms with Crippen molar-refractivity contribution in [1.82, 2.24) is 15.4 Å². The Hall–Kier alpha value is -2.92. The maximum absolute atomic E-state index is 12.8. The summed E-state index contributed by atoms with van der Waals surface area (Å²) < 4.78 is 5.62. The predicted octanol–water partition coefficient (Wildman–Crippen LogP) is 3.56. The summed E-state index contributed by atoms with van der Waals surface area (Å²) in [5, 5.41) is 7.09. The monoisotopic (exact) mass is 389 g/mol. The van der Waals surface area contributed by atoms with Gasteiger partial charge in [0, 0.05) is 38.2 Å². The number of amides is 1. The molecule has 0 spiro atoms. The molecule has 2 aromatic carbocycles. The van der Waals surface area contributed by atoms with Gasteiger partial charge in [-0.15, -0.1) is 0 Å². The van der Waals surface area contributed by atoms with Crippen molar-refractivity contribution in [1.29, 1.82) is 0 Å². The van der Waals surface area contributed by atoms with Crippen LogP contribution < -0.4 is 5.32 Å². The van der Waals surface area contributed by atoms with Crippen LogP contribution >= 0.6 is 0 Å². The molecule has 5 heteroatoms. The lowest BCUT2D eigenvalue weighted by Crippen LogP contribution is -2.43. The van der Waals surface area contributed by atoms with Gasteiger partial charge < -0.3 is 14.7 Å². The second-order valence-corrected chi connectivity index (χ2v) is 7.84. The number of carbonyl (C=O) groups excluding carboxylic acids is 1. The van der Waals surface area contributed by atoms with Gasteiger partial charge in [-0.05, 0) is 24.9 Å². The summed E-state index contributed by atoms with van der Waals surface area (Å²) in [7, 11) is 1.71. The Kier molecular flexibility index (Phi) is 5.76. The Balaban J connectivity index is 1.45. The van der Waals surface area contributed by atoms with Gasteiger partial charge in [0.15, 0.2) is 0 Å². The molecule has 1 aliphatic heterocycles. The number of carbonyl (C=O) groups is 1. The van der Waals surface area contributed by atoms with Crippen molar-refractivity contribution < 1.29 is 9.32 Å². The van der Waals surface area contributed by atoms with E-state index in [1.165, 1.54) is 5.56 Å². The van der Waals surface area contributed by atoms with E-state index in [0.717, 1.165) is 49.5 Å². The van der Waals surface area contributed by atoms with Crippen LogP contribution in [0.4, 0.5) is 0 Å². The molecule has 0 saturated carbocycles. The van der Waals surface area contributed by atoms with Crippen LogP contribution in [0.3, 0.4) is 0 Å². The minimum absolute atomic E-state index is 0.0809. The van der Waals surface area contributed by atoms with E-state index in [0.29, 0.717) is 6.42 Å². The van der Waals surface area contributed by atoms with Crippen LogP contribution in [-0.4, -0.2) is 42.6 Å². The van der Waals surface area contributed by atoms with E-state index in [1.54, 1.807) is 7.05 Å². The van der Waals surface area contributed by atoms with Gasteiger partial charge in [0.1, 0.15) is 11.5 Å². The molecule has 0 aliphatic carbocycles. The third kappa shape index (κ3) is 4.40. The fourth-order valence-corrected chi connectivity index (χ4v) is 4.23. The first-order valence-electron chi connectivity index (χ1n) is 10.2. The van der Waals surface area contributed by atoms with Gasteiger partial charge in [-0.25, -0.2) is 0 Å². The van der Waals surface area contributed by atoms with Crippen molar-refractivity contribution in [3.8, 4) is 11.3 Å². The van der Waals surface area contributed by atoms with Crippen molar-refractivity contribution in [3.63, 3.8) is 0 Å². The molecule has 1 aromatic heterocycles. The second kappa shape index (κ2) is 8.62. The topological polar surface area (TPSA) is 58.4 Å². The molecule has 2 heterocycles. The van der Waals surface area contributed by atoms with E-state index in [4.69, 9.17) is 4.52 Å². The molecule has 1 saturated heterocycles. The van der Waals surface area contributed by atoms with Crippen molar-refractivity contribution in [2.24, 2.45) is 5.41 Å². The van der Waals surface area contributed by atoms with Gasteiger partial charge in [0.25, 0.3) is 0 Å². The van der Waals surface area contributed by atoms with Gasteiger partial charge >= 0.3 is 0 Å². The molecule has 1 N–H and O–H groups in total. The highest BCUT2D eigenvalue weighted by atomic mass is 16.5. The third-order valence-electron chi connectivity index (χ3n) is 5.84. The van der Waals surface area contributed by atoms with Gasteiger partial charge in [-0.1, -0.05) is 65.8 Å². The molecule has 4 rings (SSSR count). The average molecular weight is 389 g/mol. The fraction of sp³-hybridized carbons (Fsp3) is 0.333. The molecule has 0 bridgehead atoms. The highest BCUT2D eigenvalue weighted by Crippen LogP contribution is 2.35. The summed E-state index contributed by atoms with van der Waals surface area (Å²) in [5.74, 6) is 0.842.